The van der Waals surface area contributed by atoms with Gasteiger partial charge in [-0.3, -0.25) is 0 Å². The molecule has 0 aromatic rings. The summed E-state index contributed by atoms with van der Waals surface area (Å²) in [5.74, 6) is 0. The molecule has 0 aromatic carbocycles. The van der Waals surface area contributed by atoms with Crippen LogP contribution in [0, 0.1) is 5.41 Å². The van der Waals surface area contributed by atoms with Crippen LogP contribution in [-0.4, -0.2) is 41.3 Å². The average molecular weight is 252 g/mol. The number of rotatable bonds is 2. The first-order chi connectivity index (χ1) is 8.69. The molecule has 1 saturated carbocycles. The van der Waals surface area contributed by atoms with Crippen molar-refractivity contribution in [2.75, 3.05) is 19.6 Å². The van der Waals surface area contributed by atoms with Gasteiger partial charge in [-0.25, -0.2) is 0 Å². The summed E-state index contributed by atoms with van der Waals surface area (Å²) in [6, 6.07) is 0.633. The van der Waals surface area contributed by atoms with Gasteiger partial charge in [0, 0.05) is 24.5 Å². The van der Waals surface area contributed by atoms with Crippen molar-refractivity contribution in [3.05, 3.63) is 0 Å². The lowest BCUT2D eigenvalue weighted by Gasteiger charge is -2.54. The molecule has 2 saturated heterocycles. The summed E-state index contributed by atoms with van der Waals surface area (Å²) >= 11 is 0. The van der Waals surface area contributed by atoms with Crippen molar-refractivity contribution in [3.8, 4) is 0 Å². The van der Waals surface area contributed by atoms with Crippen molar-refractivity contribution in [1.29, 1.82) is 0 Å². The third-order valence-corrected chi connectivity index (χ3v) is 6.07. The van der Waals surface area contributed by atoms with Crippen LogP contribution in [0.25, 0.3) is 0 Å². The maximum absolute atomic E-state index is 11.3. The van der Waals surface area contributed by atoms with E-state index in [1.54, 1.807) is 0 Å². The molecular weight excluding hydrogens is 224 g/mol. The summed E-state index contributed by atoms with van der Waals surface area (Å²) < 4.78 is 0. The zero-order valence-electron chi connectivity index (χ0n) is 11.5. The summed E-state index contributed by atoms with van der Waals surface area (Å²) in [4.78, 5) is 2.58. The lowest BCUT2D eigenvalue weighted by atomic mass is 9.59. The first-order valence-corrected chi connectivity index (χ1v) is 7.86. The molecule has 3 aliphatic rings. The monoisotopic (exact) mass is 252 g/mol. The van der Waals surface area contributed by atoms with E-state index < -0.39 is 5.60 Å². The predicted octanol–water partition coefficient (Wildman–Crippen LogP) is 1.88. The molecule has 3 rings (SSSR count). The van der Waals surface area contributed by atoms with Gasteiger partial charge in [-0.1, -0.05) is 19.3 Å². The van der Waals surface area contributed by atoms with E-state index in [-0.39, 0.29) is 5.41 Å². The first-order valence-electron chi connectivity index (χ1n) is 7.86. The van der Waals surface area contributed by atoms with Crippen molar-refractivity contribution in [2.24, 2.45) is 11.1 Å². The lowest BCUT2D eigenvalue weighted by molar-refractivity contribution is -0.140. The summed E-state index contributed by atoms with van der Waals surface area (Å²) in [7, 11) is 0. The molecule has 3 heteroatoms. The standard InChI is InChI=1S/C15H28N2O/c16-12-14(6-2-1-3-7-14)15(18)8-10-17-9-4-5-13(17)11-15/h13,18H,1-12,16H2. The van der Waals surface area contributed by atoms with Crippen LogP contribution >= 0.6 is 0 Å². The topological polar surface area (TPSA) is 49.5 Å². The van der Waals surface area contributed by atoms with Gasteiger partial charge in [0.1, 0.15) is 0 Å². The third kappa shape index (κ3) is 1.91. The fourth-order valence-electron chi connectivity index (χ4n) is 4.81. The molecule has 3 fully saturated rings. The van der Waals surface area contributed by atoms with E-state index in [2.05, 4.69) is 4.90 Å². The number of fused-ring (bicyclic) bond motifs is 1. The van der Waals surface area contributed by atoms with Crippen LogP contribution < -0.4 is 5.73 Å². The smallest absolute Gasteiger partial charge is 0.0742 e. The Morgan fingerprint density at radius 3 is 2.56 bits per heavy atom. The largest absolute Gasteiger partial charge is 0.389 e. The number of nitrogens with two attached hydrogens (primary N) is 1. The van der Waals surface area contributed by atoms with Gasteiger partial charge in [0.2, 0.25) is 0 Å². The molecule has 3 nitrogen and oxygen atoms in total. The molecule has 2 heterocycles. The molecule has 2 unspecified atom stereocenters. The zero-order valence-corrected chi connectivity index (χ0v) is 11.5. The Labute approximate surface area is 111 Å². The molecule has 18 heavy (non-hydrogen) atoms. The van der Waals surface area contributed by atoms with E-state index in [1.807, 2.05) is 0 Å². The van der Waals surface area contributed by atoms with Crippen LogP contribution in [-0.2, 0) is 0 Å². The Morgan fingerprint density at radius 1 is 1.06 bits per heavy atom. The molecule has 3 N–H and O–H groups in total. The maximum Gasteiger partial charge on any atom is 0.0742 e. The molecule has 1 aliphatic carbocycles. The third-order valence-electron chi connectivity index (χ3n) is 6.07. The molecule has 0 spiro atoms. The van der Waals surface area contributed by atoms with Crippen LogP contribution in [0.2, 0.25) is 0 Å². The number of hydrogen-bond donors (Lipinski definition) is 2. The summed E-state index contributed by atoms with van der Waals surface area (Å²) in [6.07, 6.45) is 10.7. The Balaban J connectivity index is 1.79. The van der Waals surface area contributed by atoms with Gasteiger partial charge in [0.25, 0.3) is 0 Å². The quantitative estimate of drug-likeness (QED) is 0.789. The van der Waals surface area contributed by atoms with Crippen molar-refractivity contribution in [2.45, 2.75) is 69.4 Å². The summed E-state index contributed by atoms with van der Waals surface area (Å²) in [5, 5.41) is 11.3. The van der Waals surface area contributed by atoms with Crippen molar-refractivity contribution in [3.63, 3.8) is 0 Å². The zero-order chi connectivity index (χ0) is 12.6. The first kappa shape index (κ1) is 12.9. The summed E-state index contributed by atoms with van der Waals surface area (Å²) in [6.45, 7) is 3.01. The second-order valence-electron chi connectivity index (χ2n) is 6.86. The number of nitrogens with zero attached hydrogens (tertiary/aromatic N) is 1. The lowest BCUT2D eigenvalue weighted by Crippen LogP contribution is -2.60. The van der Waals surface area contributed by atoms with Crippen LogP contribution in [0.4, 0.5) is 0 Å². The van der Waals surface area contributed by atoms with Crippen LogP contribution in [0.3, 0.4) is 0 Å². The van der Waals surface area contributed by atoms with E-state index in [0.29, 0.717) is 12.6 Å². The number of aliphatic hydroxyl groups is 1. The minimum Gasteiger partial charge on any atom is -0.389 e. The highest BCUT2D eigenvalue weighted by Crippen LogP contribution is 2.50. The van der Waals surface area contributed by atoms with E-state index in [9.17, 15) is 5.11 Å². The highest BCUT2D eigenvalue weighted by Gasteiger charge is 2.53. The van der Waals surface area contributed by atoms with Crippen LogP contribution in [0.1, 0.15) is 57.8 Å². The SMILES string of the molecule is NCC1(C2(O)CCN3CCCC3C2)CCCCC1. The second-order valence-corrected chi connectivity index (χ2v) is 6.86. The molecule has 0 amide bonds. The van der Waals surface area contributed by atoms with Gasteiger partial charge in [0.05, 0.1) is 5.60 Å². The fraction of sp³-hybridized carbons (Fsp3) is 1.00. The normalized spacial score (nSPS) is 40.7. The van der Waals surface area contributed by atoms with Gasteiger partial charge in [-0.2, -0.15) is 0 Å². The van der Waals surface area contributed by atoms with Crippen molar-refractivity contribution in [1.82, 2.24) is 4.90 Å². The van der Waals surface area contributed by atoms with Crippen LogP contribution in [0.5, 0.6) is 0 Å². The minimum atomic E-state index is -0.478. The van der Waals surface area contributed by atoms with Gasteiger partial charge >= 0.3 is 0 Å². The van der Waals surface area contributed by atoms with E-state index >= 15 is 0 Å². The highest BCUT2D eigenvalue weighted by molar-refractivity contribution is 5.06. The van der Waals surface area contributed by atoms with Gasteiger partial charge in [0.15, 0.2) is 0 Å². The van der Waals surface area contributed by atoms with Gasteiger partial charge in [-0.05, 0) is 45.1 Å². The van der Waals surface area contributed by atoms with Crippen LogP contribution in [0.15, 0.2) is 0 Å². The van der Waals surface area contributed by atoms with Gasteiger partial charge < -0.3 is 15.7 Å². The molecule has 0 aromatic heterocycles. The van der Waals surface area contributed by atoms with Crippen molar-refractivity contribution < 1.29 is 5.11 Å². The fourth-order valence-corrected chi connectivity index (χ4v) is 4.81. The van der Waals surface area contributed by atoms with Crippen molar-refractivity contribution >= 4 is 0 Å². The van der Waals surface area contributed by atoms with E-state index in [1.165, 1.54) is 38.6 Å². The Hall–Kier alpha value is -0.120. The average Bonchev–Trinajstić information content (AvgIpc) is 2.86. The molecule has 2 aliphatic heterocycles. The summed E-state index contributed by atoms with van der Waals surface area (Å²) in [5.41, 5.74) is 5.67. The molecule has 104 valence electrons. The van der Waals surface area contributed by atoms with E-state index in [0.717, 1.165) is 32.2 Å². The molecular formula is C15H28N2O. The molecule has 0 radical (unpaired) electrons. The maximum atomic E-state index is 11.3. The van der Waals surface area contributed by atoms with Gasteiger partial charge in [-0.15, -0.1) is 0 Å². The Morgan fingerprint density at radius 2 is 1.83 bits per heavy atom. The molecule has 0 bridgehead atoms. The number of hydrogen-bond acceptors (Lipinski definition) is 3. The number of piperidine rings is 1. The highest BCUT2D eigenvalue weighted by atomic mass is 16.3. The molecule has 2 atom stereocenters. The second kappa shape index (κ2) is 4.77. The Kier molecular flexibility index (Phi) is 3.41. The predicted molar refractivity (Wildman–Crippen MR) is 73.4 cm³/mol. The van der Waals surface area contributed by atoms with E-state index in [4.69, 9.17) is 5.73 Å². The minimum absolute atomic E-state index is 0.0277. The Bertz CT molecular complexity index is 301.